The summed E-state index contributed by atoms with van der Waals surface area (Å²) in [6.07, 6.45) is 1.52. The van der Waals surface area contributed by atoms with Crippen molar-refractivity contribution < 1.29 is 14.1 Å². The van der Waals surface area contributed by atoms with Crippen LogP contribution in [0.5, 0.6) is 0 Å². The van der Waals surface area contributed by atoms with Gasteiger partial charge in [0.25, 0.3) is 5.91 Å². The first kappa shape index (κ1) is 19.6. The molecule has 1 aromatic carbocycles. The number of carbonyl (C=O) groups excluding carboxylic acids is 2. The maximum Gasteiger partial charge on any atom is 0.276 e. The molecule has 1 saturated heterocycles. The van der Waals surface area contributed by atoms with Crippen molar-refractivity contribution in [3.8, 4) is 0 Å². The minimum atomic E-state index is -0.129. The molecular formula is C22H28N4O3. The summed E-state index contributed by atoms with van der Waals surface area (Å²) < 4.78 is 5.03. The van der Waals surface area contributed by atoms with Crippen LogP contribution < -0.4 is 0 Å². The van der Waals surface area contributed by atoms with Gasteiger partial charge in [0.2, 0.25) is 5.91 Å². The quantitative estimate of drug-likeness (QED) is 0.795. The van der Waals surface area contributed by atoms with Crippen molar-refractivity contribution >= 4 is 11.8 Å². The summed E-state index contributed by atoms with van der Waals surface area (Å²) in [6, 6.07) is 9.92. The largest absolute Gasteiger partial charge is 0.361 e. The van der Waals surface area contributed by atoms with Crippen molar-refractivity contribution in [1.82, 2.24) is 19.9 Å². The average molecular weight is 396 g/mol. The van der Waals surface area contributed by atoms with Crippen LogP contribution in [0.4, 0.5) is 0 Å². The van der Waals surface area contributed by atoms with Gasteiger partial charge in [-0.05, 0) is 37.4 Å². The molecule has 1 fully saturated rings. The Morgan fingerprint density at radius 2 is 1.83 bits per heavy atom. The Bertz CT molecular complexity index is 894. The summed E-state index contributed by atoms with van der Waals surface area (Å²) in [4.78, 5) is 32.0. The number of amides is 2. The van der Waals surface area contributed by atoms with Crippen molar-refractivity contribution in [2.75, 3.05) is 32.7 Å². The van der Waals surface area contributed by atoms with Gasteiger partial charge in [0.05, 0.1) is 6.04 Å². The van der Waals surface area contributed by atoms with E-state index in [1.807, 2.05) is 11.0 Å². The number of carbonyl (C=O) groups is 2. The first-order valence-corrected chi connectivity index (χ1v) is 10.4. The normalized spacial score (nSPS) is 20.3. The number of benzene rings is 1. The average Bonchev–Trinajstić information content (AvgIpc) is 3.03. The molecule has 29 heavy (non-hydrogen) atoms. The van der Waals surface area contributed by atoms with Crippen molar-refractivity contribution in [2.24, 2.45) is 0 Å². The van der Waals surface area contributed by atoms with E-state index < -0.39 is 0 Å². The molecule has 4 rings (SSSR count). The van der Waals surface area contributed by atoms with Gasteiger partial charge in [-0.2, -0.15) is 0 Å². The van der Waals surface area contributed by atoms with Crippen molar-refractivity contribution in [1.29, 1.82) is 0 Å². The molecule has 3 heterocycles. The topological polar surface area (TPSA) is 69.9 Å². The van der Waals surface area contributed by atoms with E-state index in [-0.39, 0.29) is 17.9 Å². The summed E-state index contributed by atoms with van der Waals surface area (Å²) >= 11 is 0. The Morgan fingerprint density at radius 3 is 2.55 bits per heavy atom. The van der Waals surface area contributed by atoms with Crippen LogP contribution in [-0.2, 0) is 17.8 Å². The van der Waals surface area contributed by atoms with Crippen LogP contribution in [0.1, 0.15) is 40.7 Å². The fourth-order valence-electron chi connectivity index (χ4n) is 4.33. The number of fused-ring (bicyclic) bond motifs is 1. The van der Waals surface area contributed by atoms with Crippen molar-refractivity contribution in [3.05, 3.63) is 52.9 Å². The van der Waals surface area contributed by atoms with E-state index in [0.717, 1.165) is 25.9 Å². The zero-order valence-electron chi connectivity index (χ0n) is 17.1. The minimum absolute atomic E-state index is 0.127. The van der Waals surface area contributed by atoms with E-state index in [1.165, 1.54) is 11.1 Å². The van der Waals surface area contributed by atoms with Gasteiger partial charge in [0, 0.05) is 38.8 Å². The van der Waals surface area contributed by atoms with Gasteiger partial charge in [-0.15, -0.1) is 0 Å². The molecule has 0 saturated carbocycles. The first-order chi connectivity index (χ1) is 14.1. The zero-order valence-corrected chi connectivity index (χ0v) is 17.1. The zero-order chi connectivity index (χ0) is 20.4. The predicted octanol–water partition coefficient (Wildman–Crippen LogP) is 2.10. The van der Waals surface area contributed by atoms with Crippen LogP contribution in [0.15, 0.2) is 34.9 Å². The molecule has 0 bridgehead atoms. The standard InChI is InChI=1S/C22H28N4O3/c1-3-24-15-18-8-5-4-7-17(18)14-20(24)22(28)26-10-6-9-25(11-12-26)21(27)19-13-16(2)29-23-19/h4-5,7-8,13,20H,3,6,9-12,14-15H2,1-2H3. The SMILES string of the molecule is CCN1Cc2ccccc2CC1C(=O)N1CCCN(C(=O)c2cc(C)on2)CC1. The highest BCUT2D eigenvalue weighted by Gasteiger charge is 2.34. The van der Waals surface area contributed by atoms with E-state index in [9.17, 15) is 9.59 Å². The predicted molar refractivity (Wildman–Crippen MR) is 108 cm³/mol. The van der Waals surface area contributed by atoms with Crippen LogP contribution >= 0.6 is 0 Å². The van der Waals surface area contributed by atoms with Gasteiger partial charge < -0.3 is 14.3 Å². The molecule has 2 aliphatic heterocycles. The molecule has 0 aliphatic carbocycles. The second kappa shape index (κ2) is 8.37. The summed E-state index contributed by atoms with van der Waals surface area (Å²) in [5.74, 6) is 0.670. The van der Waals surface area contributed by atoms with Gasteiger partial charge in [-0.1, -0.05) is 36.3 Å². The molecule has 154 valence electrons. The lowest BCUT2D eigenvalue weighted by Crippen LogP contribution is -2.52. The highest BCUT2D eigenvalue weighted by Crippen LogP contribution is 2.24. The molecular weight excluding hydrogens is 368 g/mol. The Hall–Kier alpha value is -2.67. The molecule has 0 N–H and O–H groups in total. The Balaban J connectivity index is 1.43. The number of hydrogen-bond donors (Lipinski definition) is 0. The molecule has 1 aromatic heterocycles. The van der Waals surface area contributed by atoms with Crippen LogP contribution in [0.3, 0.4) is 0 Å². The molecule has 7 nitrogen and oxygen atoms in total. The number of hydrogen-bond acceptors (Lipinski definition) is 5. The molecule has 1 atom stereocenters. The maximum absolute atomic E-state index is 13.4. The molecule has 7 heteroatoms. The number of likely N-dealkylation sites (N-methyl/N-ethyl adjacent to an activating group) is 1. The monoisotopic (exact) mass is 396 g/mol. The highest BCUT2D eigenvalue weighted by molar-refractivity contribution is 5.92. The maximum atomic E-state index is 13.4. The van der Waals surface area contributed by atoms with Gasteiger partial charge >= 0.3 is 0 Å². The number of aryl methyl sites for hydroxylation is 1. The van der Waals surface area contributed by atoms with Gasteiger partial charge in [0.1, 0.15) is 5.76 Å². The Kier molecular flexibility index (Phi) is 5.67. The lowest BCUT2D eigenvalue weighted by Gasteiger charge is -2.37. The molecule has 2 aliphatic rings. The van der Waals surface area contributed by atoms with Gasteiger partial charge in [-0.25, -0.2) is 0 Å². The van der Waals surface area contributed by atoms with E-state index >= 15 is 0 Å². The van der Waals surface area contributed by atoms with E-state index in [2.05, 4.69) is 35.2 Å². The second-order valence-electron chi connectivity index (χ2n) is 7.85. The summed E-state index contributed by atoms with van der Waals surface area (Å²) in [5.41, 5.74) is 2.92. The fraction of sp³-hybridized carbons (Fsp3) is 0.500. The number of rotatable bonds is 3. The van der Waals surface area contributed by atoms with Crippen LogP contribution in [0.2, 0.25) is 0 Å². The smallest absolute Gasteiger partial charge is 0.276 e. The Morgan fingerprint density at radius 1 is 1.10 bits per heavy atom. The van der Waals surface area contributed by atoms with Crippen molar-refractivity contribution in [3.63, 3.8) is 0 Å². The fourth-order valence-corrected chi connectivity index (χ4v) is 4.33. The lowest BCUT2D eigenvalue weighted by molar-refractivity contribution is -0.137. The van der Waals surface area contributed by atoms with Crippen LogP contribution in [0.25, 0.3) is 0 Å². The molecule has 0 radical (unpaired) electrons. The third-order valence-corrected chi connectivity index (χ3v) is 5.98. The minimum Gasteiger partial charge on any atom is -0.361 e. The van der Waals surface area contributed by atoms with Crippen molar-refractivity contribution in [2.45, 2.75) is 39.3 Å². The van der Waals surface area contributed by atoms with Gasteiger partial charge in [0.15, 0.2) is 5.69 Å². The molecule has 0 spiro atoms. The molecule has 1 unspecified atom stereocenters. The Labute approximate surface area is 171 Å². The summed E-state index contributed by atoms with van der Waals surface area (Å²) in [6.45, 7) is 7.91. The summed E-state index contributed by atoms with van der Waals surface area (Å²) in [5, 5.41) is 3.84. The third kappa shape index (κ3) is 4.05. The van der Waals surface area contributed by atoms with E-state index in [1.54, 1.807) is 17.9 Å². The van der Waals surface area contributed by atoms with Crippen LogP contribution in [-0.4, -0.2) is 70.4 Å². The number of nitrogens with zero attached hydrogens (tertiary/aromatic N) is 4. The third-order valence-electron chi connectivity index (χ3n) is 5.98. The first-order valence-electron chi connectivity index (χ1n) is 10.4. The summed E-state index contributed by atoms with van der Waals surface area (Å²) in [7, 11) is 0. The van der Waals surface area contributed by atoms with Gasteiger partial charge in [-0.3, -0.25) is 14.5 Å². The van der Waals surface area contributed by atoms with E-state index in [4.69, 9.17) is 4.52 Å². The highest BCUT2D eigenvalue weighted by atomic mass is 16.5. The second-order valence-corrected chi connectivity index (χ2v) is 7.85. The van der Waals surface area contributed by atoms with Crippen LogP contribution in [0, 0.1) is 6.92 Å². The molecule has 2 amide bonds. The van der Waals surface area contributed by atoms with E-state index in [0.29, 0.717) is 37.6 Å². The number of aromatic nitrogens is 1. The lowest BCUT2D eigenvalue weighted by atomic mass is 9.93. The molecule has 2 aromatic rings.